The van der Waals surface area contributed by atoms with Gasteiger partial charge in [0, 0.05) is 24.2 Å². The highest BCUT2D eigenvalue weighted by Gasteiger charge is 2.35. The van der Waals surface area contributed by atoms with Gasteiger partial charge in [-0.1, -0.05) is 24.1 Å². The van der Waals surface area contributed by atoms with Gasteiger partial charge in [0.25, 0.3) is 5.91 Å². The highest BCUT2D eigenvalue weighted by atomic mass is 16.2. The minimum Gasteiger partial charge on any atom is -0.334 e. The lowest BCUT2D eigenvalue weighted by molar-refractivity contribution is 0.0717. The molecule has 3 heteroatoms. The van der Waals surface area contributed by atoms with Gasteiger partial charge in [0.2, 0.25) is 0 Å². The van der Waals surface area contributed by atoms with Gasteiger partial charge in [-0.3, -0.25) is 4.79 Å². The van der Waals surface area contributed by atoms with Gasteiger partial charge in [0.15, 0.2) is 0 Å². The van der Waals surface area contributed by atoms with Crippen LogP contribution in [0.2, 0.25) is 0 Å². The van der Waals surface area contributed by atoms with Crippen molar-refractivity contribution in [3.63, 3.8) is 0 Å². The van der Waals surface area contributed by atoms with Crippen molar-refractivity contribution < 1.29 is 4.79 Å². The second-order valence-electron chi connectivity index (χ2n) is 6.65. The van der Waals surface area contributed by atoms with Gasteiger partial charge in [-0.05, 0) is 57.7 Å². The predicted octanol–water partition coefficient (Wildman–Crippen LogP) is 3.05. The summed E-state index contributed by atoms with van der Waals surface area (Å²) in [5.74, 6) is 0.228. The normalized spacial score (nSPS) is 22.1. The van der Waals surface area contributed by atoms with E-state index in [0.29, 0.717) is 12.1 Å². The van der Waals surface area contributed by atoms with Crippen molar-refractivity contribution in [2.75, 3.05) is 13.1 Å². The smallest absolute Gasteiger partial charge is 0.254 e. The Morgan fingerprint density at radius 3 is 2.71 bits per heavy atom. The molecule has 0 radical (unpaired) electrons. The molecule has 21 heavy (non-hydrogen) atoms. The van der Waals surface area contributed by atoms with E-state index in [9.17, 15) is 4.79 Å². The average molecular weight is 286 g/mol. The molecule has 0 aromatic heterocycles. The van der Waals surface area contributed by atoms with Gasteiger partial charge in [-0.15, -0.1) is 0 Å². The predicted molar refractivity (Wildman–Crippen MR) is 85.6 cm³/mol. The lowest BCUT2D eigenvalue weighted by Gasteiger charge is -2.31. The fourth-order valence-corrected chi connectivity index (χ4v) is 3.22. The van der Waals surface area contributed by atoms with Crippen LogP contribution in [0.5, 0.6) is 0 Å². The summed E-state index contributed by atoms with van der Waals surface area (Å²) >= 11 is 0. The number of aryl methyl sites for hydroxylation is 2. The van der Waals surface area contributed by atoms with Crippen LogP contribution in [-0.2, 0) is 0 Å². The summed E-state index contributed by atoms with van der Waals surface area (Å²) in [6.07, 6.45) is 6.09. The van der Waals surface area contributed by atoms with E-state index < -0.39 is 0 Å². The topological polar surface area (TPSA) is 32.3 Å². The van der Waals surface area contributed by atoms with Crippen LogP contribution >= 0.6 is 0 Å². The number of piperidine rings is 1. The standard InChI is InChI=1S/C18H26N2O/c1-13-6-7-14(2)17(11-13)18(21)20(16-8-9-16)12-15-5-3-4-10-19-15/h6-7,11,15-16,19H,3-5,8-10,12H2,1-2H3. The SMILES string of the molecule is Cc1ccc(C)c(C(=O)N(CC2CCCCN2)C2CC2)c1. The number of nitrogens with one attached hydrogen (secondary N) is 1. The molecule has 1 saturated carbocycles. The fraction of sp³-hybridized carbons (Fsp3) is 0.611. The summed E-state index contributed by atoms with van der Waals surface area (Å²) in [6, 6.07) is 7.14. The van der Waals surface area contributed by atoms with E-state index in [1.54, 1.807) is 0 Å². The maximum Gasteiger partial charge on any atom is 0.254 e. The first kappa shape index (κ1) is 14.6. The Morgan fingerprint density at radius 1 is 1.24 bits per heavy atom. The molecule has 1 atom stereocenters. The molecular formula is C18H26N2O. The van der Waals surface area contributed by atoms with Crippen LogP contribution < -0.4 is 5.32 Å². The molecule has 0 bridgehead atoms. The van der Waals surface area contributed by atoms with Crippen LogP contribution in [0.1, 0.15) is 53.6 Å². The van der Waals surface area contributed by atoms with Crippen LogP contribution in [-0.4, -0.2) is 36.0 Å². The van der Waals surface area contributed by atoms with Crippen LogP contribution in [0.15, 0.2) is 18.2 Å². The average Bonchev–Trinajstić information content (AvgIpc) is 3.32. The summed E-state index contributed by atoms with van der Waals surface area (Å²) in [5, 5.41) is 3.57. The van der Waals surface area contributed by atoms with Gasteiger partial charge in [-0.2, -0.15) is 0 Å². The van der Waals surface area contributed by atoms with E-state index >= 15 is 0 Å². The molecule has 3 rings (SSSR count). The van der Waals surface area contributed by atoms with Crippen LogP contribution in [0.4, 0.5) is 0 Å². The highest BCUT2D eigenvalue weighted by molar-refractivity contribution is 5.96. The van der Waals surface area contributed by atoms with Crippen molar-refractivity contribution >= 4 is 5.91 Å². The van der Waals surface area contributed by atoms with E-state index in [1.807, 2.05) is 13.0 Å². The van der Waals surface area contributed by atoms with Crippen molar-refractivity contribution in [1.82, 2.24) is 10.2 Å². The molecule has 1 aromatic rings. The number of rotatable bonds is 4. The molecule has 1 saturated heterocycles. The van der Waals surface area contributed by atoms with Gasteiger partial charge in [-0.25, -0.2) is 0 Å². The molecule has 3 nitrogen and oxygen atoms in total. The Labute approximate surface area is 127 Å². The second-order valence-corrected chi connectivity index (χ2v) is 6.65. The van der Waals surface area contributed by atoms with Gasteiger partial charge < -0.3 is 10.2 Å². The highest BCUT2D eigenvalue weighted by Crippen LogP contribution is 2.30. The molecule has 1 N–H and O–H groups in total. The molecule has 1 aliphatic heterocycles. The maximum atomic E-state index is 13.0. The third-order valence-corrected chi connectivity index (χ3v) is 4.70. The summed E-state index contributed by atoms with van der Waals surface area (Å²) in [6.45, 7) is 6.06. The number of benzene rings is 1. The summed E-state index contributed by atoms with van der Waals surface area (Å²) in [4.78, 5) is 15.1. The zero-order chi connectivity index (χ0) is 14.8. The minimum absolute atomic E-state index is 0.228. The molecule has 114 valence electrons. The molecule has 1 aliphatic carbocycles. The Hall–Kier alpha value is -1.35. The maximum absolute atomic E-state index is 13.0. The largest absolute Gasteiger partial charge is 0.334 e. The zero-order valence-corrected chi connectivity index (χ0v) is 13.2. The van der Waals surface area contributed by atoms with E-state index in [1.165, 1.54) is 32.1 Å². The van der Waals surface area contributed by atoms with Gasteiger partial charge in [0.1, 0.15) is 0 Å². The lowest BCUT2D eigenvalue weighted by Crippen LogP contribution is -2.46. The molecular weight excluding hydrogens is 260 g/mol. The van der Waals surface area contributed by atoms with Gasteiger partial charge in [0.05, 0.1) is 0 Å². The Balaban J connectivity index is 1.76. The molecule has 2 aliphatic rings. The first-order valence-electron chi connectivity index (χ1n) is 8.27. The molecule has 1 aromatic carbocycles. The number of hydrogen-bond donors (Lipinski definition) is 1. The van der Waals surface area contributed by atoms with Crippen molar-refractivity contribution in [3.05, 3.63) is 34.9 Å². The Bertz CT molecular complexity index is 516. The number of nitrogens with zero attached hydrogens (tertiary/aromatic N) is 1. The second kappa shape index (κ2) is 6.18. The van der Waals surface area contributed by atoms with E-state index in [4.69, 9.17) is 0 Å². The molecule has 2 fully saturated rings. The van der Waals surface area contributed by atoms with Crippen LogP contribution in [0.25, 0.3) is 0 Å². The Kier molecular flexibility index (Phi) is 4.29. The summed E-state index contributed by atoms with van der Waals surface area (Å²) in [5.41, 5.74) is 3.14. The first-order valence-corrected chi connectivity index (χ1v) is 8.27. The van der Waals surface area contributed by atoms with Crippen molar-refractivity contribution in [1.29, 1.82) is 0 Å². The molecule has 0 spiro atoms. The van der Waals surface area contributed by atoms with E-state index in [0.717, 1.165) is 29.8 Å². The number of amides is 1. The zero-order valence-electron chi connectivity index (χ0n) is 13.2. The third-order valence-electron chi connectivity index (χ3n) is 4.70. The van der Waals surface area contributed by atoms with Crippen molar-refractivity contribution in [3.8, 4) is 0 Å². The van der Waals surface area contributed by atoms with Crippen molar-refractivity contribution in [2.45, 2.75) is 58.0 Å². The third kappa shape index (κ3) is 3.46. The molecule has 1 heterocycles. The number of carbonyl (C=O) groups excluding carboxylic acids is 1. The minimum atomic E-state index is 0.228. The lowest BCUT2D eigenvalue weighted by atomic mass is 10.0. The first-order chi connectivity index (χ1) is 10.1. The van der Waals surface area contributed by atoms with E-state index in [-0.39, 0.29) is 5.91 Å². The summed E-state index contributed by atoms with van der Waals surface area (Å²) < 4.78 is 0. The van der Waals surface area contributed by atoms with Crippen LogP contribution in [0.3, 0.4) is 0 Å². The van der Waals surface area contributed by atoms with Crippen LogP contribution in [0, 0.1) is 13.8 Å². The fourth-order valence-electron chi connectivity index (χ4n) is 3.22. The monoisotopic (exact) mass is 286 g/mol. The quantitative estimate of drug-likeness (QED) is 0.922. The van der Waals surface area contributed by atoms with Crippen molar-refractivity contribution in [2.24, 2.45) is 0 Å². The Morgan fingerprint density at radius 2 is 2.05 bits per heavy atom. The molecule has 1 unspecified atom stereocenters. The summed E-state index contributed by atoms with van der Waals surface area (Å²) in [7, 11) is 0. The van der Waals surface area contributed by atoms with E-state index in [2.05, 4.69) is 29.3 Å². The molecule has 1 amide bonds. The van der Waals surface area contributed by atoms with Gasteiger partial charge >= 0.3 is 0 Å². The number of hydrogen-bond acceptors (Lipinski definition) is 2. The number of carbonyl (C=O) groups is 1.